The molecular weight excluding hydrogens is 201 g/mol. The van der Waals surface area contributed by atoms with Crippen LogP contribution in [0, 0.1) is 11.7 Å². The van der Waals surface area contributed by atoms with E-state index in [1.165, 1.54) is 18.9 Å². The Labute approximate surface area is 95.9 Å². The molecule has 0 fully saturated rings. The largest absolute Gasteiger partial charge is 0.347 e. The average molecular weight is 219 g/mol. The van der Waals surface area contributed by atoms with Crippen molar-refractivity contribution in [2.75, 3.05) is 0 Å². The van der Waals surface area contributed by atoms with Crippen molar-refractivity contribution in [3.63, 3.8) is 0 Å². The molecule has 1 unspecified atom stereocenters. The summed E-state index contributed by atoms with van der Waals surface area (Å²) in [4.78, 5) is 0. The minimum absolute atomic E-state index is 0.157. The van der Waals surface area contributed by atoms with E-state index in [0.717, 1.165) is 17.4 Å². The molecule has 1 aromatic carbocycles. The van der Waals surface area contributed by atoms with Crippen LogP contribution in [-0.4, -0.2) is 4.57 Å². The molecular formula is C14H18FN. The molecule has 0 saturated carbocycles. The van der Waals surface area contributed by atoms with Gasteiger partial charge in [-0.1, -0.05) is 20.3 Å². The van der Waals surface area contributed by atoms with Crippen LogP contribution in [0.2, 0.25) is 0 Å². The first kappa shape index (κ1) is 11.2. The van der Waals surface area contributed by atoms with Crippen LogP contribution in [0.4, 0.5) is 4.39 Å². The molecule has 0 aliphatic heterocycles. The molecule has 0 aliphatic rings. The highest BCUT2D eigenvalue weighted by atomic mass is 19.1. The highest BCUT2D eigenvalue weighted by molar-refractivity contribution is 5.80. The first-order valence-corrected chi connectivity index (χ1v) is 5.95. The number of benzene rings is 1. The molecule has 0 amide bonds. The van der Waals surface area contributed by atoms with E-state index in [-0.39, 0.29) is 5.82 Å². The van der Waals surface area contributed by atoms with E-state index in [1.54, 1.807) is 6.07 Å². The molecule has 16 heavy (non-hydrogen) atoms. The Balaban J connectivity index is 2.27. The first-order valence-electron chi connectivity index (χ1n) is 5.95. The standard InChI is InChI=1S/C14H18FN/c1-3-4-11(2)10-16-8-7-12-5-6-13(15)9-14(12)16/h5-9,11H,3-4,10H2,1-2H3. The lowest BCUT2D eigenvalue weighted by Crippen LogP contribution is -2.06. The fourth-order valence-electron chi connectivity index (χ4n) is 2.24. The summed E-state index contributed by atoms with van der Waals surface area (Å²) in [5, 5.41) is 1.12. The van der Waals surface area contributed by atoms with Crippen molar-refractivity contribution in [1.82, 2.24) is 4.57 Å². The Morgan fingerprint density at radius 1 is 1.31 bits per heavy atom. The molecule has 2 heteroatoms. The SMILES string of the molecule is CCCC(C)Cn1ccc2ccc(F)cc21. The topological polar surface area (TPSA) is 4.93 Å². The fraction of sp³-hybridized carbons (Fsp3) is 0.429. The maximum absolute atomic E-state index is 13.2. The van der Waals surface area contributed by atoms with Crippen molar-refractivity contribution < 1.29 is 4.39 Å². The fourth-order valence-corrected chi connectivity index (χ4v) is 2.24. The normalized spacial score (nSPS) is 13.2. The van der Waals surface area contributed by atoms with Gasteiger partial charge in [0.15, 0.2) is 0 Å². The Bertz CT molecular complexity index is 473. The second-order valence-corrected chi connectivity index (χ2v) is 4.57. The van der Waals surface area contributed by atoms with Gasteiger partial charge in [0.25, 0.3) is 0 Å². The van der Waals surface area contributed by atoms with Crippen molar-refractivity contribution in [3.05, 3.63) is 36.3 Å². The monoisotopic (exact) mass is 219 g/mol. The van der Waals surface area contributed by atoms with E-state index >= 15 is 0 Å². The zero-order valence-corrected chi connectivity index (χ0v) is 9.91. The molecule has 0 spiro atoms. The van der Waals surface area contributed by atoms with Gasteiger partial charge < -0.3 is 4.57 Å². The van der Waals surface area contributed by atoms with Crippen LogP contribution >= 0.6 is 0 Å². The van der Waals surface area contributed by atoms with Crippen LogP contribution in [0.1, 0.15) is 26.7 Å². The van der Waals surface area contributed by atoms with Gasteiger partial charge in [0.2, 0.25) is 0 Å². The lowest BCUT2D eigenvalue weighted by atomic mass is 10.1. The molecule has 1 nitrogen and oxygen atoms in total. The number of aromatic nitrogens is 1. The molecule has 0 radical (unpaired) electrons. The maximum Gasteiger partial charge on any atom is 0.125 e. The highest BCUT2D eigenvalue weighted by Crippen LogP contribution is 2.19. The van der Waals surface area contributed by atoms with Crippen LogP contribution < -0.4 is 0 Å². The molecule has 1 aromatic heterocycles. The molecule has 0 saturated heterocycles. The molecule has 2 aromatic rings. The predicted molar refractivity (Wildman–Crippen MR) is 66.0 cm³/mol. The van der Waals surface area contributed by atoms with Gasteiger partial charge in [0.05, 0.1) is 5.52 Å². The first-order chi connectivity index (χ1) is 7.70. The summed E-state index contributed by atoms with van der Waals surface area (Å²) in [6, 6.07) is 7.02. The molecule has 2 rings (SSSR count). The zero-order valence-electron chi connectivity index (χ0n) is 9.91. The van der Waals surface area contributed by atoms with E-state index < -0.39 is 0 Å². The highest BCUT2D eigenvalue weighted by Gasteiger charge is 2.06. The van der Waals surface area contributed by atoms with E-state index in [1.807, 2.05) is 12.1 Å². The van der Waals surface area contributed by atoms with Crippen LogP contribution in [-0.2, 0) is 6.54 Å². The Hall–Kier alpha value is -1.31. The second kappa shape index (κ2) is 4.69. The molecule has 0 bridgehead atoms. The summed E-state index contributed by atoms with van der Waals surface area (Å²) in [5.41, 5.74) is 1.00. The Morgan fingerprint density at radius 3 is 2.88 bits per heavy atom. The van der Waals surface area contributed by atoms with Gasteiger partial charge in [-0.15, -0.1) is 0 Å². The predicted octanol–water partition coefficient (Wildman–Crippen LogP) is 4.22. The van der Waals surface area contributed by atoms with E-state index in [9.17, 15) is 4.39 Å². The van der Waals surface area contributed by atoms with Gasteiger partial charge >= 0.3 is 0 Å². The molecule has 1 atom stereocenters. The summed E-state index contributed by atoms with van der Waals surface area (Å²) in [6.07, 6.45) is 4.47. The summed E-state index contributed by atoms with van der Waals surface area (Å²) in [6.45, 7) is 5.42. The summed E-state index contributed by atoms with van der Waals surface area (Å²) in [5.74, 6) is 0.486. The van der Waals surface area contributed by atoms with Gasteiger partial charge in [-0.05, 0) is 42.0 Å². The lowest BCUT2D eigenvalue weighted by Gasteiger charge is -2.12. The minimum atomic E-state index is -0.157. The third kappa shape index (κ3) is 2.26. The van der Waals surface area contributed by atoms with Crippen molar-refractivity contribution in [3.8, 4) is 0 Å². The van der Waals surface area contributed by atoms with Crippen molar-refractivity contribution in [1.29, 1.82) is 0 Å². The van der Waals surface area contributed by atoms with Crippen molar-refractivity contribution in [2.24, 2.45) is 5.92 Å². The number of rotatable bonds is 4. The number of nitrogens with zero attached hydrogens (tertiary/aromatic N) is 1. The number of hydrogen-bond acceptors (Lipinski definition) is 0. The quantitative estimate of drug-likeness (QED) is 0.725. The van der Waals surface area contributed by atoms with Crippen LogP contribution in [0.3, 0.4) is 0 Å². The molecule has 86 valence electrons. The zero-order chi connectivity index (χ0) is 11.5. The van der Waals surface area contributed by atoms with E-state index in [4.69, 9.17) is 0 Å². The van der Waals surface area contributed by atoms with Gasteiger partial charge in [-0.3, -0.25) is 0 Å². The van der Waals surface area contributed by atoms with Crippen LogP contribution in [0.25, 0.3) is 10.9 Å². The van der Waals surface area contributed by atoms with Crippen molar-refractivity contribution >= 4 is 10.9 Å². The van der Waals surface area contributed by atoms with E-state index in [0.29, 0.717) is 5.92 Å². The second-order valence-electron chi connectivity index (χ2n) is 4.57. The van der Waals surface area contributed by atoms with Gasteiger partial charge in [0, 0.05) is 12.7 Å². The van der Waals surface area contributed by atoms with E-state index in [2.05, 4.69) is 24.6 Å². The number of fused-ring (bicyclic) bond motifs is 1. The van der Waals surface area contributed by atoms with Crippen LogP contribution in [0.5, 0.6) is 0 Å². The molecule has 1 heterocycles. The Kier molecular flexibility index (Phi) is 3.28. The molecule has 0 aliphatic carbocycles. The number of hydrogen-bond donors (Lipinski definition) is 0. The van der Waals surface area contributed by atoms with Gasteiger partial charge in [-0.2, -0.15) is 0 Å². The third-order valence-electron chi connectivity index (χ3n) is 3.03. The van der Waals surface area contributed by atoms with Gasteiger partial charge in [-0.25, -0.2) is 4.39 Å². The smallest absolute Gasteiger partial charge is 0.125 e. The average Bonchev–Trinajstić information content (AvgIpc) is 2.61. The molecule has 0 N–H and O–H groups in total. The summed E-state index contributed by atoms with van der Waals surface area (Å²) < 4.78 is 15.3. The summed E-state index contributed by atoms with van der Waals surface area (Å²) >= 11 is 0. The number of halogens is 1. The van der Waals surface area contributed by atoms with Crippen LogP contribution in [0.15, 0.2) is 30.5 Å². The Morgan fingerprint density at radius 2 is 2.12 bits per heavy atom. The van der Waals surface area contributed by atoms with Gasteiger partial charge in [0.1, 0.15) is 5.82 Å². The third-order valence-corrected chi connectivity index (χ3v) is 3.03. The lowest BCUT2D eigenvalue weighted by molar-refractivity contribution is 0.453. The minimum Gasteiger partial charge on any atom is -0.347 e. The summed E-state index contributed by atoms with van der Waals surface area (Å²) in [7, 11) is 0. The maximum atomic E-state index is 13.2. The van der Waals surface area contributed by atoms with Crippen molar-refractivity contribution in [2.45, 2.75) is 33.2 Å².